The first-order valence-corrected chi connectivity index (χ1v) is 8.57. The Morgan fingerprint density at radius 1 is 1.16 bits per heavy atom. The molecule has 0 saturated heterocycles. The van der Waals surface area contributed by atoms with Crippen molar-refractivity contribution in [1.82, 2.24) is 5.32 Å². The Morgan fingerprint density at radius 3 is 2.53 bits per heavy atom. The molecule has 0 aliphatic heterocycles. The highest BCUT2D eigenvalue weighted by Gasteiger charge is 2.26. The predicted molar refractivity (Wildman–Crippen MR) is 83.5 cm³/mol. The fourth-order valence-electron chi connectivity index (χ4n) is 3.13. The molecule has 0 aromatic rings. The first-order valence-electron chi connectivity index (χ1n) is 8.57. The van der Waals surface area contributed by atoms with Crippen LogP contribution in [0.3, 0.4) is 0 Å². The zero-order valence-electron chi connectivity index (χ0n) is 13.6. The Labute approximate surface area is 120 Å². The lowest BCUT2D eigenvalue weighted by atomic mass is 9.84. The van der Waals surface area contributed by atoms with Crippen LogP contribution in [0, 0.1) is 11.8 Å². The SMILES string of the molecule is CCCNC(COC1CCCCC1CC)C(C)CC. The molecule has 1 aliphatic carbocycles. The summed E-state index contributed by atoms with van der Waals surface area (Å²) in [5.41, 5.74) is 0. The first-order chi connectivity index (χ1) is 9.22. The van der Waals surface area contributed by atoms with Crippen LogP contribution in [0.1, 0.15) is 72.6 Å². The Kier molecular flexibility index (Phi) is 8.72. The van der Waals surface area contributed by atoms with Crippen molar-refractivity contribution in [3.8, 4) is 0 Å². The molecule has 2 heteroatoms. The fraction of sp³-hybridized carbons (Fsp3) is 1.00. The van der Waals surface area contributed by atoms with Gasteiger partial charge in [-0.2, -0.15) is 0 Å². The molecule has 0 spiro atoms. The van der Waals surface area contributed by atoms with Crippen molar-refractivity contribution in [2.75, 3.05) is 13.2 Å². The molecule has 0 heterocycles. The van der Waals surface area contributed by atoms with Gasteiger partial charge < -0.3 is 10.1 Å². The van der Waals surface area contributed by atoms with Crippen LogP contribution in [0.4, 0.5) is 0 Å². The Hall–Kier alpha value is -0.0800. The van der Waals surface area contributed by atoms with Crippen molar-refractivity contribution >= 4 is 0 Å². The highest BCUT2D eigenvalue weighted by Crippen LogP contribution is 2.29. The number of hydrogen-bond acceptors (Lipinski definition) is 2. The van der Waals surface area contributed by atoms with E-state index < -0.39 is 0 Å². The molecule has 0 bridgehead atoms. The van der Waals surface area contributed by atoms with Gasteiger partial charge in [0.2, 0.25) is 0 Å². The van der Waals surface area contributed by atoms with Gasteiger partial charge in [0.25, 0.3) is 0 Å². The Balaban J connectivity index is 2.40. The predicted octanol–water partition coefficient (Wildman–Crippen LogP) is 4.39. The van der Waals surface area contributed by atoms with Crippen LogP contribution in [0.2, 0.25) is 0 Å². The zero-order chi connectivity index (χ0) is 14.1. The average Bonchev–Trinajstić information content (AvgIpc) is 2.47. The molecule has 1 aliphatic rings. The van der Waals surface area contributed by atoms with Crippen LogP contribution >= 0.6 is 0 Å². The summed E-state index contributed by atoms with van der Waals surface area (Å²) in [6.07, 6.45) is 9.64. The maximum Gasteiger partial charge on any atom is 0.0626 e. The summed E-state index contributed by atoms with van der Waals surface area (Å²) >= 11 is 0. The smallest absolute Gasteiger partial charge is 0.0626 e. The second kappa shape index (κ2) is 9.77. The molecule has 1 saturated carbocycles. The second-order valence-corrected chi connectivity index (χ2v) is 6.27. The van der Waals surface area contributed by atoms with E-state index in [9.17, 15) is 0 Å². The summed E-state index contributed by atoms with van der Waals surface area (Å²) in [6.45, 7) is 11.2. The Morgan fingerprint density at radius 2 is 1.89 bits per heavy atom. The number of ether oxygens (including phenoxy) is 1. The van der Waals surface area contributed by atoms with Crippen LogP contribution in [0.5, 0.6) is 0 Å². The van der Waals surface area contributed by atoms with Gasteiger partial charge in [0.05, 0.1) is 12.7 Å². The molecular weight excluding hydrogens is 234 g/mol. The van der Waals surface area contributed by atoms with Crippen LogP contribution in [-0.4, -0.2) is 25.3 Å². The van der Waals surface area contributed by atoms with E-state index in [1.165, 1.54) is 44.9 Å². The van der Waals surface area contributed by atoms with Crippen LogP contribution < -0.4 is 5.32 Å². The third kappa shape index (κ3) is 5.83. The lowest BCUT2D eigenvalue weighted by Gasteiger charge is -2.33. The van der Waals surface area contributed by atoms with E-state index in [0.29, 0.717) is 18.1 Å². The van der Waals surface area contributed by atoms with Gasteiger partial charge >= 0.3 is 0 Å². The summed E-state index contributed by atoms with van der Waals surface area (Å²) in [4.78, 5) is 0. The van der Waals surface area contributed by atoms with Gasteiger partial charge in [-0.25, -0.2) is 0 Å². The van der Waals surface area contributed by atoms with Crippen molar-refractivity contribution in [3.63, 3.8) is 0 Å². The van der Waals surface area contributed by atoms with Crippen molar-refractivity contribution in [1.29, 1.82) is 0 Å². The monoisotopic (exact) mass is 269 g/mol. The van der Waals surface area contributed by atoms with Crippen molar-refractivity contribution in [3.05, 3.63) is 0 Å². The molecule has 0 amide bonds. The van der Waals surface area contributed by atoms with Gasteiger partial charge in [-0.3, -0.25) is 0 Å². The normalized spacial score (nSPS) is 27.2. The summed E-state index contributed by atoms with van der Waals surface area (Å²) in [5, 5.41) is 3.67. The topological polar surface area (TPSA) is 21.3 Å². The van der Waals surface area contributed by atoms with E-state index in [4.69, 9.17) is 4.74 Å². The lowest BCUT2D eigenvalue weighted by molar-refractivity contribution is -0.0272. The highest BCUT2D eigenvalue weighted by molar-refractivity contribution is 4.78. The zero-order valence-corrected chi connectivity index (χ0v) is 13.6. The van der Waals surface area contributed by atoms with E-state index >= 15 is 0 Å². The third-order valence-corrected chi connectivity index (χ3v) is 4.84. The molecule has 0 aromatic carbocycles. The van der Waals surface area contributed by atoms with Crippen LogP contribution in [0.15, 0.2) is 0 Å². The van der Waals surface area contributed by atoms with E-state index in [1.54, 1.807) is 0 Å². The summed E-state index contributed by atoms with van der Waals surface area (Å²) in [6, 6.07) is 0.532. The van der Waals surface area contributed by atoms with Gasteiger partial charge in [0.15, 0.2) is 0 Å². The molecule has 114 valence electrons. The fourth-order valence-corrected chi connectivity index (χ4v) is 3.13. The quantitative estimate of drug-likeness (QED) is 0.670. The molecule has 4 unspecified atom stereocenters. The number of rotatable bonds is 9. The van der Waals surface area contributed by atoms with Crippen molar-refractivity contribution < 1.29 is 4.74 Å². The summed E-state index contributed by atoms with van der Waals surface area (Å²) in [5.74, 6) is 1.51. The van der Waals surface area contributed by atoms with Gasteiger partial charge in [-0.15, -0.1) is 0 Å². The van der Waals surface area contributed by atoms with Gasteiger partial charge in [-0.1, -0.05) is 53.4 Å². The minimum atomic E-state index is 0.522. The molecule has 2 nitrogen and oxygen atoms in total. The van der Waals surface area contributed by atoms with Crippen LogP contribution in [0.25, 0.3) is 0 Å². The molecule has 1 N–H and O–H groups in total. The van der Waals surface area contributed by atoms with E-state index in [2.05, 4.69) is 33.0 Å². The van der Waals surface area contributed by atoms with E-state index in [0.717, 1.165) is 19.1 Å². The lowest BCUT2D eigenvalue weighted by Crippen LogP contribution is -2.41. The minimum absolute atomic E-state index is 0.522. The van der Waals surface area contributed by atoms with Gasteiger partial charge in [0, 0.05) is 6.04 Å². The molecular formula is C17H35NO. The Bertz CT molecular complexity index is 219. The minimum Gasteiger partial charge on any atom is -0.376 e. The number of hydrogen-bond donors (Lipinski definition) is 1. The molecule has 4 atom stereocenters. The van der Waals surface area contributed by atoms with E-state index in [1.807, 2.05) is 0 Å². The molecule has 0 aromatic heterocycles. The van der Waals surface area contributed by atoms with Crippen molar-refractivity contribution in [2.45, 2.75) is 84.8 Å². The number of nitrogens with one attached hydrogen (secondary N) is 1. The molecule has 19 heavy (non-hydrogen) atoms. The maximum absolute atomic E-state index is 6.31. The molecule has 1 rings (SSSR count). The molecule has 1 fully saturated rings. The van der Waals surface area contributed by atoms with E-state index in [-0.39, 0.29) is 0 Å². The summed E-state index contributed by atoms with van der Waals surface area (Å²) in [7, 11) is 0. The first kappa shape index (κ1) is 17.0. The average molecular weight is 269 g/mol. The summed E-state index contributed by atoms with van der Waals surface area (Å²) < 4.78 is 6.31. The van der Waals surface area contributed by atoms with Gasteiger partial charge in [0.1, 0.15) is 0 Å². The second-order valence-electron chi connectivity index (χ2n) is 6.27. The highest BCUT2D eigenvalue weighted by atomic mass is 16.5. The maximum atomic E-state index is 6.31. The van der Waals surface area contributed by atoms with Crippen molar-refractivity contribution in [2.24, 2.45) is 11.8 Å². The standard InChI is InChI=1S/C17H35NO/c1-5-12-18-16(14(4)6-2)13-19-17-11-9-8-10-15(17)7-3/h14-18H,5-13H2,1-4H3. The third-order valence-electron chi connectivity index (χ3n) is 4.84. The van der Waals surface area contributed by atoms with Crippen LogP contribution in [-0.2, 0) is 4.74 Å². The molecule has 0 radical (unpaired) electrons. The van der Waals surface area contributed by atoms with Gasteiger partial charge in [-0.05, 0) is 37.6 Å². The largest absolute Gasteiger partial charge is 0.376 e.